The van der Waals surface area contributed by atoms with E-state index < -0.39 is 0 Å². The van der Waals surface area contributed by atoms with E-state index in [1.807, 2.05) is 0 Å². The van der Waals surface area contributed by atoms with Crippen LogP contribution in [0.3, 0.4) is 0 Å². The summed E-state index contributed by atoms with van der Waals surface area (Å²) >= 11 is 0. The minimum atomic E-state index is -0.295. The Hall–Kier alpha value is -1.92. The van der Waals surface area contributed by atoms with Crippen LogP contribution in [0.5, 0.6) is 0 Å². The van der Waals surface area contributed by atoms with E-state index in [0.29, 0.717) is 17.8 Å². The van der Waals surface area contributed by atoms with Crippen LogP contribution in [0.4, 0.5) is 5.69 Å². The Labute approximate surface area is 123 Å². The van der Waals surface area contributed by atoms with Crippen molar-refractivity contribution < 1.29 is 19.1 Å². The highest BCUT2D eigenvalue weighted by molar-refractivity contribution is 6.03. The summed E-state index contributed by atoms with van der Waals surface area (Å²) in [6.45, 7) is 1.19. The quantitative estimate of drug-likeness (QED) is 0.825. The number of methoxy groups -OCH3 is 1. The van der Waals surface area contributed by atoms with Gasteiger partial charge in [0.05, 0.1) is 17.4 Å². The molecule has 6 nitrogen and oxygen atoms in total. The van der Waals surface area contributed by atoms with Crippen LogP contribution >= 0.6 is 0 Å². The Kier molecular flexibility index (Phi) is 5.71. The van der Waals surface area contributed by atoms with Gasteiger partial charge in [0.2, 0.25) is 5.91 Å². The summed E-state index contributed by atoms with van der Waals surface area (Å²) in [7, 11) is 1.44. The predicted molar refractivity (Wildman–Crippen MR) is 78.3 cm³/mol. The first-order chi connectivity index (χ1) is 10.2. The van der Waals surface area contributed by atoms with Crippen molar-refractivity contribution in [3.63, 3.8) is 0 Å². The summed E-state index contributed by atoms with van der Waals surface area (Å²) in [4.78, 5) is 23.8. The molecule has 1 aromatic carbocycles. The molecule has 6 heteroatoms. The second-order valence-corrected chi connectivity index (χ2v) is 4.87. The van der Waals surface area contributed by atoms with Crippen LogP contribution in [0.1, 0.15) is 23.2 Å². The summed E-state index contributed by atoms with van der Waals surface area (Å²) in [6, 6.07) is 6.88. The molecule has 1 aromatic rings. The molecule has 2 N–H and O–H groups in total. The molecule has 2 rings (SSSR count). The Bertz CT molecular complexity index is 498. The van der Waals surface area contributed by atoms with Crippen LogP contribution < -0.4 is 10.6 Å². The van der Waals surface area contributed by atoms with Crippen molar-refractivity contribution in [2.75, 3.05) is 32.2 Å². The number of ether oxygens (including phenoxy) is 2. The zero-order chi connectivity index (χ0) is 15.1. The van der Waals surface area contributed by atoms with Gasteiger partial charge in [-0.25, -0.2) is 0 Å². The Morgan fingerprint density at radius 3 is 2.90 bits per heavy atom. The lowest BCUT2D eigenvalue weighted by Crippen LogP contribution is -2.32. The first-order valence-corrected chi connectivity index (χ1v) is 6.98. The molecule has 2 amide bonds. The average Bonchev–Trinajstić information content (AvgIpc) is 2.99. The molecule has 1 atom stereocenters. The summed E-state index contributed by atoms with van der Waals surface area (Å²) in [5, 5.41) is 5.50. The van der Waals surface area contributed by atoms with E-state index in [1.165, 1.54) is 7.11 Å². The van der Waals surface area contributed by atoms with Crippen LogP contribution in [-0.4, -0.2) is 44.8 Å². The number of rotatable bonds is 6. The molecule has 0 spiro atoms. The maximum atomic E-state index is 12.2. The number of hydrogen-bond donors (Lipinski definition) is 2. The molecule has 0 radical (unpaired) electrons. The van der Waals surface area contributed by atoms with Crippen LogP contribution in [0, 0.1) is 0 Å². The number of para-hydroxylation sites is 1. The standard InChI is InChI=1S/C15H20N2O4/c1-20-10-14(18)17-13-7-3-2-6-12(13)15(19)16-9-11-5-4-8-21-11/h2-3,6-7,11H,4-5,8-10H2,1H3,(H,16,19)(H,17,18). The fourth-order valence-electron chi connectivity index (χ4n) is 2.21. The molecule has 1 aliphatic rings. The number of carbonyl (C=O) groups is 2. The maximum Gasteiger partial charge on any atom is 0.253 e. The van der Waals surface area contributed by atoms with Crippen molar-refractivity contribution in [2.45, 2.75) is 18.9 Å². The van der Waals surface area contributed by atoms with Crippen LogP contribution in [-0.2, 0) is 14.3 Å². The Balaban J connectivity index is 1.97. The topological polar surface area (TPSA) is 76.7 Å². The molecular formula is C15H20N2O4. The molecule has 1 aliphatic heterocycles. The molecule has 0 bridgehead atoms. The van der Waals surface area contributed by atoms with Gasteiger partial charge in [0.15, 0.2) is 0 Å². The zero-order valence-corrected chi connectivity index (χ0v) is 12.1. The van der Waals surface area contributed by atoms with Gasteiger partial charge in [-0.05, 0) is 25.0 Å². The molecule has 1 unspecified atom stereocenters. The smallest absolute Gasteiger partial charge is 0.253 e. The van der Waals surface area contributed by atoms with Gasteiger partial charge in [-0.2, -0.15) is 0 Å². The van der Waals surface area contributed by atoms with Crippen molar-refractivity contribution >= 4 is 17.5 Å². The third-order valence-electron chi connectivity index (χ3n) is 3.24. The minimum Gasteiger partial charge on any atom is -0.376 e. The summed E-state index contributed by atoms with van der Waals surface area (Å²) in [6.07, 6.45) is 2.08. The fraction of sp³-hybridized carbons (Fsp3) is 0.467. The van der Waals surface area contributed by atoms with E-state index >= 15 is 0 Å². The molecule has 1 fully saturated rings. The van der Waals surface area contributed by atoms with Crippen LogP contribution in [0.25, 0.3) is 0 Å². The SMILES string of the molecule is COCC(=O)Nc1ccccc1C(=O)NCC1CCCO1. The highest BCUT2D eigenvalue weighted by Crippen LogP contribution is 2.16. The van der Waals surface area contributed by atoms with Crippen molar-refractivity contribution in [1.29, 1.82) is 0 Å². The molecule has 1 heterocycles. The number of anilines is 1. The third kappa shape index (κ3) is 4.54. The van der Waals surface area contributed by atoms with Crippen molar-refractivity contribution in [3.8, 4) is 0 Å². The van der Waals surface area contributed by atoms with E-state index in [9.17, 15) is 9.59 Å². The average molecular weight is 292 g/mol. The lowest BCUT2D eigenvalue weighted by molar-refractivity contribution is -0.119. The van der Waals surface area contributed by atoms with Crippen LogP contribution in [0.15, 0.2) is 24.3 Å². The van der Waals surface area contributed by atoms with Gasteiger partial charge < -0.3 is 20.1 Å². The van der Waals surface area contributed by atoms with Gasteiger partial charge in [-0.1, -0.05) is 12.1 Å². The van der Waals surface area contributed by atoms with E-state index in [1.54, 1.807) is 24.3 Å². The monoisotopic (exact) mass is 292 g/mol. The number of nitrogens with one attached hydrogen (secondary N) is 2. The second kappa shape index (κ2) is 7.75. The van der Waals surface area contributed by atoms with E-state index in [-0.39, 0.29) is 24.5 Å². The first kappa shape index (κ1) is 15.5. The van der Waals surface area contributed by atoms with Gasteiger partial charge >= 0.3 is 0 Å². The zero-order valence-electron chi connectivity index (χ0n) is 12.1. The molecule has 0 aliphatic carbocycles. The lowest BCUT2D eigenvalue weighted by atomic mass is 10.1. The first-order valence-electron chi connectivity index (χ1n) is 6.98. The van der Waals surface area contributed by atoms with Crippen LogP contribution in [0.2, 0.25) is 0 Å². The summed E-state index contributed by atoms with van der Waals surface area (Å²) in [5.74, 6) is -0.518. The lowest BCUT2D eigenvalue weighted by Gasteiger charge is -2.13. The highest BCUT2D eigenvalue weighted by Gasteiger charge is 2.18. The van der Waals surface area contributed by atoms with Crippen molar-refractivity contribution in [3.05, 3.63) is 29.8 Å². The number of carbonyl (C=O) groups excluding carboxylic acids is 2. The summed E-state index contributed by atoms with van der Waals surface area (Å²) < 4.78 is 10.2. The maximum absolute atomic E-state index is 12.2. The van der Waals surface area contributed by atoms with Gasteiger partial charge in [-0.15, -0.1) is 0 Å². The highest BCUT2D eigenvalue weighted by atomic mass is 16.5. The van der Waals surface area contributed by atoms with Gasteiger partial charge in [0, 0.05) is 20.3 Å². The molecule has 21 heavy (non-hydrogen) atoms. The number of benzene rings is 1. The minimum absolute atomic E-state index is 0.0497. The fourth-order valence-corrected chi connectivity index (χ4v) is 2.21. The molecular weight excluding hydrogens is 272 g/mol. The Morgan fingerprint density at radius 2 is 2.19 bits per heavy atom. The largest absolute Gasteiger partial charge is 0.376 e. The number of amides is 2. The molecule has 114 valence electrons. The predicted octanol–water partition coefficient (Wildman–Crippen LogP) is 1.18. The normalized spacial score (nSPS) is 17.5. The van der Waals surface area contributed by atoms with E-state index in [2.05, 4.69) is 10.6 Å². The van der Waals surface area contributed by atoms with E-state index in [0.717, 1.165) is 19.4 Å². The van der Waals surface area contributed by atoms with Gasteiger partial charge in [0.25, 0.3) is 5.91 Å². The van der Waals surface area contributed by atoms with Crippen molar-refractivity contribution in [1.82, 2.24) is 5.32 Å². The van der Waals surface area contributed by atoms with Gasteiger partial charge in [0.1, 0.15) is 6.61 Å². The van der Waals surface area contributed by atoms with E-state index in [4.69, 9.17) is 9.47 Å². The number of hydrogen-bond acceptors (Lipinski definition) is 4. The third-order valence-corrected chi connectivity index (χ3v) is 3.24. The Morgan fingerprint density at radius 1 is 1.38 bits per heavy atom. The molecule has 0 saturated carbocycles. The van der Waals surface area contributed by atoms with Gasteiger partial charge in [-0.3, -0.25) is 9.59 Å². The summed E-state index contributed by atoms with van der Waals surface area (Å²) in [5.41, 5.74) is 0.907. The second-order valence-electron chi connectivity index (χ2n) is 4.87. The molecule has 0 aromatic heterocycles. The van der Waals surface area contributed by atoms with Crippen molar-refractivity contribution in [2.24, 2.45) is 0 Å². The molecule has 1 saturated heterocycles.